The van der Waals surface area contributed by atoms with E-state index in [1.54, 1.807) is 0 Å². The van der Waals surface area contributed by atoms with Crippen LogP contribution in [-0.4, -0.2) is 0 Å². The molecule has 0 saturated heterocycles. The maximum atomic E-state index is 3.63. The highest BCUT2D eigenvalue weighted by molar-refractivity contribution is 5.45. The van der Waals surface area contributed by atoms with Crippen molar-refractivity contribution in [1.29, 1.82) is 0 Å². The Balaban J connectivity index is 0. The molecule has 0 amide bonds. The van der Waals surface area contributed by atoms with Gasteiger partial charge in [-0.05, 0) is 5.56 Å². The first-order chi connectivity index (χ1) is 3.93. The standard InChI is InChI=1S/C8H8.2H3N/c1-2-8-6-4-3-5-7-8;;/h2-7H,1H2;2*1H3. The summed E-state index contributed by atoms with van der Waals surface area (Å²) in [6.07, 6.45) is 1.83. The first-order valence-electron chi connectivity index (χ1n) is 2.61. The van der Waals surface area contributed by atoms with Crippen LogP contribution in [0.4, 0.5) is 0 Å². The summed E-state index contributed by atoms with van der Waals surface area (Å²) in [7, 11) is 0. The lowest BCUT2D eigenvalue weighted by molar-refractivity contribution is 1.67. The molecule has 0 unspecified atom stereocenters. The van der Waals surface area contributed by atoms with E-state index in [1.807, 2.05) is 36.4 Å². The van der Waals surface area contributed by atoms with Crippen molar-refractivity contribution in [3.63, 3.8) is 0 Å². The van der Waals surface area contributed by atoms with Gasteiger partial charge in [0.05, 0.1) is 0 Å². The minimum atomic E-state index is 0. The molecule has 0 radical (unpaired) electrons. The molecule has 0 aromatic heterocycles. The van der Waals surface area contributed by atoms with Gasteiger partial charge in [-0.2, -0.15) is 0 Å². The second-order valence-corrected chi connectivity index (χ2v) is 1.61. The fraction of sp³-hybridized carbons (Fsp3) is 0. The zero-order valence-corrected chi connectivity index (χ0v) is 6.09. The van der Waals surface area contributed by atoms with Gasteiger partial charge in [-0.3, -0.25) is 0 Å². The van der Waals surface area contributed by atoms with Crippen molar-refractivity contribution < 1.29 is 0 Å². The molecule has 0 aliphatic carbocycles. The summed E-state index contributed by atoms with van der Waals surface area (Å²) in [4.78, 5) is 0. The molecule has 0 aliphatic heterocycles. The highest BCUT2D eigenvalue weighted by Crippen LogP contribution is 1.97. The molecule has 1 aromatic carbocycles. The Morgan fingerprint density at radius 1 is 1.00 bits per heavy atom. The molecule has 10 heavy (non-hydrogen) atoms. The van der Waals surface area contributed by atoms with Gasteiger partial charge in [0.15, 0.2) is 0 Å². The van der Waals surface area contributed by atoms with Crippen molar-refractivity contribution in [2.24, 2.45) is 0 Å². The Bertz CT molecular complexity index is 170. The average Bonchev–Trinajstić information content (AvgIpc) is 1.90. The summed E-state index contributed by atoms with van der Waals surface area (Å²) in [5.74, 6) is 0. The maximum absolute atomic E-state index is 3.63. The van der Waals surface area contributed by atoms with Crippen molar-refractivity contribution in [1.82, 2.24) is 12.3 Å². The van der Waals surface area contributed by atoms with Gasteiger partial charge in [0.25, 0.3) is 0 Å². The predicted molar refractivity (Wildman–Crippen MR) is 46.6 cm³/mol. The second kappa shape index (κ2) is 6.01. The van der Waals surface area contributed by atoms with Gasteiger partial charge in [-0.25, -0.2) is 0 Å². The van der Waals surface area contributed by atoms with E-state index in [1.165, 1.54) is 5.56 Å². The van der Waals surface area contributed by atoms with Gasteiger partial charge in [0.1, 0.15) is 0 Å². The lowest BCUT2D eigenvalue weighted by Gasteiger charge is -1.85. The third kappa shape index (κ3) is 3.02. The Morgan fingerprint density at radius 2 is 1.50 bits per heavy atom. The Labute approximate surface area is 61.7 Å². The van der Waals surface area contributed by atoms with Gasteiger partial charge in [0.2, 0.25) is 0 Å². The second-order valence-electron chi connectivity index (χ2n) is 1.61. The average molecular weight is 138 g/mol. The van der Waals surface area contributed by atoms with Crippen LogP contribution in [0.1, 0.15) is 5.56 Å². The Hall–Kier alpha value is -1.12. The third-order valence-electron chi connectivity index (χ3n) is 1.04. The molecule has 0 heterocycles. The molecular weight excluding hydrogens is 124 g/mol. The monoisotopic (exact) mass is 138 g/mol. The first-order valence-corrected chi connectivity index (χ1v) is 2.61. The third-order valence-corrected chi connectivity index (χ3v) is 1.04. The van der Waals surface area contributed by atoms with Gasteiger partial charge in [-0.1, -0.05) is 43.0 Å². The number of hydrogen-bond donors (Lipinski definition) is 2. The van der Waals surface area contributed by atoms with E-state index >= 15 is 0 Å². The van der Waals surface area contributed by atoms with E-state index < -0.39 is 0 Å². The van der Waals surface area contributed by atoms with E-state index in [-0.39, 0.29) is 12.3 Å². The predicted octanol–water partition coefficient (Wildman–Crippen LogP) is 2.65. The minimum absolute atomic E-state index is 0. The summed E-state index contributed by atoms with van der Waals surface area (Å²) < 4.78 is 0. The molecule has 2 nitrogen and oxygen atoms in total. The van der Waals surface area contributed by atoms with Crippen LogP contribution in [0.3, 0.4) is 0 Å². The molecular formula is C8H14N2. The molecule has 1 rings (SSSR count). The lowest BCUT2D eigenvalue weighted by atomic mass is 10.2. The zero-order valence-electron chi connectivity index (χ0n) is 6.09. The molecule has 56 valence electrons. The smallest absolute Gasteiger partial charge is 0.0263 e. The van der Waals surface area contributed by atoms with Crippen LogP contribution < -0.4 is 12.3 Å². The molecule has 0 spiro atoms. The van der Waals surface area contributed by atoms with Gasteiger partial charge in [-0.15, -0.1) is 0 Å². The normalized spacial score (nSPS) is 6.80. The van der Waals surface area contributed by atoms with Crippen molar-refractivity contribution in [2.45, 2.75) is 0 Å². The SMILES string of the molecule is C=Cc1ccccc1.N.N. The molecule has 1 aromatic rings. The lowest BCUT2D eigenvalue weighted by Crippen LogP contribution is -1.63. The molecule has 0 saturated carbocycles. The number of hydrogen-bond acceptors (Lipinski definition) is 2. The zero-order chi connectivity index (χ0) is 5.82. The molecule has 0 bridgehead atoms. The maximum Gasteiger partial charge on any atom is -0.0263 e. The summed E-state index contributed by atoms with van der Waals surface area (Å²) in [5.41, 5.74) is 1.17. The van der Waals surface area contributed by atoms with Gasteiger partial charge < -0.3 is 12.3 Å². The summed E-state index contributed by atoms with van der Waals surface area (Å²) in [5, 5.41) is 0. The first kappa shape index (κ1) is 11.6. The topological polar surface area (TPSA) is 70.0 Å². The van der Waals surface area contributed by atoms with E-state index in [0.29, 0.717) is 0 Å². The molecule has 0 fully saturated rings. The molecule has 2 heteroatoms. The highest BCUT2D eigenvalue weighted by Gasteiger charge is 1.75. The van der Waals surface area contributed by atoms with E-state index in [2.05, 4.69) is 6.58 Å². The van der Waals surface area contributed by atoms with Crippen LogP contribution >= 0.6 is 0 Å². The van der Waals surface area contributed by atoms with Crippen LogP contribution in [0, 0.1) is 0 Å². The van der Waals surface area contributed by atoms with E-state index in [4.69, 9.17) is 0 Å². The van der Waals surface area contributed by atoms with Gasteiger partial charge in [0, 0.05) is 0 Å². The van der Waals surface area contributed by atoms with Crippen LogP contribution in [0.15, 0.2) is 36.9 Å². The summed E-state index contributed by atoms with van der Waals surface area (Å²) >= 11 is 0. The Kier molecular flexibility index (Phi) is 7.00. The highest BCUT2D eigenvalue weighted by atomic mass is 14.0. The fourth-order valence-electron chi connectivity index (χ4n) is 0.589. The van der Waals surface area contributed by atoms with Gasteiger partial charge >= 0.3 is 0 Å². The summed E-state index contributed by atoms with van der Waals surface area (Å²) in [6.45, 7) is 3.63. The van der Waals surface area contributed by atoms with Crippen molar-refractivity contribution in [2.75, 3.05) is 0 Å². The van der Waals surface area contributed by atoms with Crippen molar-refractivity contribution in [3.05, 3.63) is 42.5 Å². The quantitative estimate of drug-likeness (QED) is 0.626. The minimum Gasteiger partial charge on any atom is -0.344 e. The van der Waals surface area contributed by atoms with Crippen molar-refractivity contribution >= 4 is 6.08 Å². The molecule has 6 N–H and O–H groups in total. The van der Waals surface area contributed by atoms with Crippen LogP contribution in [0.25, 0.3) is 6.08 Å². The Morgan fingerprint density at radius 3 is 1.80 bits per heavy atom. The number of rotatable bonds is 1. The largest absolute Gasteiger partial charge is 0.344 e. The van der Waals surface area contributed by atoms with E-state index in [0.717, 1.165) is 0 Å². The van der Waals surface area contributed by atoms with Crippen molar-refractivity contribution in [3.8, 4) is 0 Å². The van der Waals surface area contributed by atoms with Crippen LogP contribution in [0.5, 0.6) is 0 Å². The fourth-order valence-corrected chi connectivity index (χ4v) is 0.589. The van der Waals surface area contributed by atoms with E-state index in [9.17, 15) is 0 Å². The summed E-state index contributed by atoms with van der Waals surface area (Å²) in [6, 6.07) is 10.0. The molecule has 0 aliphatic rings. The molecule has 0 atom stereocenters. The van der Waals surface area contributed by atoms with Crippen LogP contribution in [-0.2, 0) is 0 Å². The number of benzene rings is 1. The van der Waals surface area contributed by atoms with Crippen LogP contribution in [0.2, 0.25) is 0 Å².